The molecular formula is C8H8BrN3S. The van der Waals surface area contributed by atoms with Crippen molar-refractivity contribution in [3.63, 3.8) is 0 Å². The third kappa shape index (κ3) is 1.42. The minimum absolute atomic E-state index is 0.453. The van der Waals surface area contributed by atoms with Crippen molar-refractivity contribution in [1.29, 1.82) is 0 Å². The molecule has 1 aromatic heterocycles. The van der Waals surface area contributed by atoms with Gasteiger partial charge in [0.05, 0.1) is 9.99 Å². The van der Waals surface area contributed by atoms with Crippen molar-refractivity contribution < 1.29 is 0 Å². The van der Waals surface area contributed by atoms with Gasteiger partial charge < -0.3 is 10.7 Å². The van der Waals surface area contributed by atoms with E-state index in [9.17, 15) is 0 Å². The number of rotatable bonds is 1. The number of imidazole rings is 1. The first-order valence-corrected chi connectivity index (χ1v) is 5.72. The molecule has 0 radical (unpaired) electrons. The van der Waals surface area contributed by atoms with Gasteiger partial charge in [-0.3, -0.25) is 0 Å². The summed E-state index contributed by atoms with van der Waals surface area (Å²) < 4.78 is 1.01. The van der Waals surface area contributed by atoms with E-state index in [0.717, 1.165) is 15.5 Å². The number of anilines is 1. The molecule has 0 saturated carbocycles. The molecule has 2 aromatic rings. The zero-order valence-corrected chi connectivity index (χ0v) is 9.37. The topological polar surface area (TPSA) is 54.7 Å². The van der Waals surface area contributed by atoms with Gasteiger partial charge in [0.1, 0.15) is 5.52 Å². The first-order chi connectivity index (χ1) is 6.22. The molecule has 0 aliphatic heterocycles. The van der Waals surface area contributed by atoms with Crippen LogP contribution in [0.2, 0.25) is 0 Å². The quantitative estimate of drug-likeness (QED) is 0.773. The van der Waals surface area contributed by atoms with E-state index in [2.05, 4.69) is 25.9 Å². The van der Waals surface area contributed by atoms with E-state index in [4.69, 9.17) is 5.73 Å². The predicted octanol–water partition coefficient (Wildman–Crippen LogP) is 2.63. The van der Waals surface area contributed by atoms with Gasteiger partial charge in [-0.15, -0.1) is 11.8 Å². The van der Waals surface area contributed by atoms with Crippen LogP contribution >= 0.6 is 27.7 Å². The van der Waals surface area contributed by atoms with Crippen LogP contribution in [-0.2, 0) is 0 Å². The largest absolute Gasteiger partial charge is 0.369 e. The lowest BCUT2D eigenvalue weighted by Gasteiger charge is -1.99. The van der Waals surface area contributed by atoms with Crippen LogP contribution in [-0.4, -0.2) is 16.2 Å². The lowest BCUT2D eigenvalue weighted by molar-refractivity contribution is 1.35. The Morgan fingerprint density at radius 3 is 3.00 bits per heavy atom. The van der Waals surface area contributed by atoms with Gasteiger partial charge in [0.15, 0.2) is 5.95 Å². The lowest BCUT2D eigenvalue weighted by atomic mass is 10.3. The number of nitrogen functional groups attached to an aromatic ring is 1. The smallest absolute Gasteiger partial charge is 0.198 e. The van der Waals surface area contributed by atoms with Gasteiger partial charge in [0, 0.05) is 4.90 Å². The highest BCUT2D eigenvalue weighted by molar-refractivity contribution is 9.10. The van der Waals surface area contributed by atoms with Crippen molar-refractivity contribution >= 4 is 44.7 Å². The van der Waals surface area contributed by atoms with Crippen molar-refractivity contribution in [3.05, 3.63) is 16.6 Å². The maximum atomic E-state index is 5.56. The predicted molar refractivity (Wildman–Crippen MR) is 60.0 cm³/mol. The fraction of sp³-hybridized carbons (Fsp3) is 0.125. The molecule has 0 fully saturated rings. The molecule has 13 heavy (non-hydrogen) atoms. The van der Waals surface area contributed by atoms with Crippen LogP contribution in [0.25, 0.3) is 11.0 Å². The molecule has 0 bridgehead atoms. The summed E-state index contributed by atoms with van der Waals surface area (Å²) in [4.78, 5) is 8.33. The number of nitrogens with two attached hydrogens (primary N) is 1. The highest BCUT2D eigenvalue weighted by Gasteiger charge is 2.07. The Balaban J connectivity index is 2.78. The molecule has 5 heteroatoms. The Morgan fingerprint density at radius 1 is 1.54 bits per heavy atom. The van der Waals surface area contributed by atoms with Crippen molar-refractivity contribution in [2.45, 2.75) is 4.90 Å². The normalized spacial score (nSPS) is 10.9. The number of nitrogens with zero attached hydrogens (tertiary/aromatic N) is 1. The summed E-state index contributed by atoms with van der Waals surface area (Å²) in [5.74, 6) is 0.453. The summed E-state index contributed by atoms with van der Waals surface area (Å²) in [6.07, 6.45) is 2.03. The van der Waals surface area contributed by atoms with Crippen LogP contribution in [0.4, 0.5) is 5.95 Å². The fourth-order valence-corrected chi connectivity index (χ4v) is 2.60. The number of aromatic amines is 1. The summed E-state index contributed by atoms with van der Waals surface area (Å²) in [6.45, 7) is 0. The van der Waals surface area contributed by atoms with Gasteiger partial charge in [-0.2, -0.15) is 0 Å². The van der Waals surface area contributed by atoms with Crippen molar-refractivity contribution in [2.75, 3.05) is 12.0 Å². The number of H-pyrrole nitrogens is 1. The molecule has 3 nitrogen and oxygen atoms in total. The average molecular weight is 258 g/mol. The van der Waals surface area contributed by atoms with Crippen LogP contribution in [0.5, 0.6) is 0 Å². The van der Waals surface area contributed by atoms with E-state index in [0.29, 0.717) is 5.95 Å². The van der Waals surface area contributed by atoms with Crippen LogP contribution in [0.1, 0.15) is 0 Å². The summed E-state index contributed by atoms with van der Waals surface area (Å²) in [5, 5.41) is 0. The number of thioether (sulfide) groups is 1. The molecule has 1 aromatic carbocycles. The van der Waals surface area contributed by atoms with E-state index < -0.39 is 0 Å². The average Bonchev–Trinajstić information content (AvgIpc) is 2.47. The number of hydrogen-bond donors (Lipinski definition) is 2. The number of fused-ring (bicyclic) bond motifs is 1. The first-order valence-electron chi connectivity index (χ1n) is 3.70. The minimum Gasteiger partial charge on any atom is -0.369 e. The Kier molecular flexibility index (Phi) is 2.21. The fourth-order valence-electron chi connectivity index (χ4n) is 1.20. The maximum Gasteiger partial charge on any atom is 0.198 e. The Hall–Kier alpha value is -0.680. The van der Waals surface area contributed by atoms with E-state index in [1.165, 1.54) is 4.90 Å². The van der Waals surface area contributed by atoms with Crippen LogP contribution in [0.3, 0.4) is 0 Å². The van der Waals surface area contributed by atoms with Crippen LogP contribution in [0.15, 0.2) is 21.5 Å². The van der Waals surface area contributed by atoms with Crippen molar-refractivity contribution in [1.82, 2.24) is 9.97 Å². The molecule has 0 aliphatic carbocycles. The Bertz CT molecular complexity index is 452. The van der Waals surface area contributed by atoms with E-state index in [1.807, 2.05) is 18.4 Å². The standard InChI is InChI=1S/C8H8BrN3S/c1-13-5-3-2-4-7(6(5)9)12-8(10)11-4/h2-3H,1H3,(H3,10,11,12). The van der Waals surface area contributed by atoms with E-state index >= 15 is 0 Å². The zero-order valence-electron chi connectivity index (χ0n) is 6.97. The third-order valence-electron chi connectivity index (χ3n) is 1.80. The monoisotopic (exact) mass is 257 g/mol. The van der Waals surface area contributed by atoms with E-state index in [1.54, 1.807) is 11.8 Å². The molecule has 0 unspecified atom stereocenters. The summed E-state index contributed by atoms with van der Waals surface area (Å²) in [5.41, 5.74) is 7.41. The second kappa shape index (κ2) is 3.23. The minimum atomic E-state index is 0.453. The molecule has 2 rings (SSSR count). The molecule has 0 saturated heterocycles. The van der Waals surface area contributed by atoms with Crippen LogP contribution in [0, 0.1) is 0 Å². The second-order valence-corrected chi connectivity index (χ2v) is 4.24. The van der Waals surface area contributed by atoms with Gasteiger partial charge in [0.25, 0.3) is 0 Å². The highest BCUT2D eigenvalue weighted by atomic mass is 79.9. The first kappa shape index (κ1) is 8.90. The number of hydrogen-bond acceptors (Lipinski definition) is 3. The van der Waals surface area contributed by atoms with E-state index in [-0.39, 0.29) is 0 Å². The van der Waals surface area contributed by atoms with Crippen molar-refractivity contribution in [2.24, 2.45) is 0 Å². The van der Waals surface area contributed by atoms with Gasteiger partial charge in [-0.05, 0) is 34.3 Å². The molecule has 0 amide bonds. The Morgan fingerprint density at radius 2 is 2.31 bits per heavy atom. The molecule has 1 heterocycles. The van der Waals surface area contributed by atoms with Gasteiger partial charge >= 0.3 is 0 Å². The van der Waals surface area contributed by atoms with Gasteiger partial charge in [0.2, 0.25) is 0 Å². The number of aromatic nitrogens is 2. The molecule has 0 spiro atoms. The highest BCUT2D eigenvalue weighted by Crippen LogP contribution is 2.31. The zero-order chi connectivity index (χ0) is 9.42. The molecule has 0 aliphatic rings. The second-order valence-electron chi connectivity index (χ2n) is 2.60. The number of benzene rings is 1. The number of halogens is 1. The summed E-state index contributed by atoms with van der Waals surface area (Å²) in [7, 11) is 0. The third-order valence-corrected chi connectivity index (χ3v) is 3.64. The molecule has 3 N–H and O–H groups in total. The van der Waals surface area contributed by atoms with Gasteiger partial charge in [-0.1, -0.05) is 0 Å². The molecule has 68 valence electrons. The maximum absolute atomic E-state index is 5.56. The SMILES string of the molecule is CSc1ccc2[nH]c(N)nc2c1Br. The lowest BCUT2D eigenvalue weighted by Crippen LogP contribution is -1.84. The number of nitrogens with one attached hydrogen (secondary N) is 1. The summed E-state index contributed by atoms with van der Waals surface area (Å²) in [6, 6.07) is 4.02. The van der Waals surface area contributed by atoms with Crippen LogP contribution < -0.4 is 5.73 Å². The summed E-state index contributed by atoms with van der Waals surface area (Å²) >= 11 is 5.17. The molecular weight excluding hydrogens is 250 g/mol. The molecule has 0 atom stereocenters. The van der Waals surface area contributed by atoms with Crippen molar-refractivity contribution in [3.8, 4) is 0 Å². The Labute approximate surface area is 88.2 Å². The van der Waals surface area contributed by atoms with Gasteiger partial charge in [-0.25, -0.2) is 4.98 Å².